The van der Waals surface area contributed by atoms with Crippen LogP contribution in [0.4, 0.5) is 0 Å². The van der Waals surface area contributed by atoms with Crippen LogP contribution in [0, 0.1) is 0 Å². The van der Waals surface area contributed by atoms with Gasteiger partial charge < -0.3 is 9.47 Å². The van der Waals surface area contributed by atoms with Crippen molar-refractivity contribution in [2.75, 3.05) is 20.8 Å². The third kappa shape index (κ3) is 2.80. The van der Waals surface area contributed by atoms with E-state index in [1.54, 1.807) is 14.0 Å². The zero-order chi connectivity index (χ0) is 7.98. The first-order chi connectivity index (χ1) is 4.76. The Hall–Kier alpha value is -0.610. The molecule has 4 nitrogen and oxygen atoms in total. The fraction of sp³-hybridized carbons (Fsp3) is 0.833. The predicted octanol–water partition coefficient (Wildman–Crippen LogP) is -0.259. The molecule has 0 heterocycles. The first-order valence-electron chi connectivity index (χ1n) is 3.13. The van der Waals surface area contributed by atoms with E-state index >= 15 is 0 Å². The molecule has 0 aliphatic carbocycles. The van der Waals surface area contributed by atoms with E-state index in [0.717, 1.165) is 0 Å². The maximum Gasteiger partial charge on any atom is 0.350 e. The van der Waals surface area contributed by atoms with E-state index in [1.807, 2.05) is 0 Å². The van der Waals surface area contributed by atoms with Crippen molar-refractivity contribution in [3.05, 3.63) is 0 Å². The van der Waals surface area contributed by atoms with E-state index in [9.17, 15) is 4.79 Å². The summed E-state index contributed by atoms with van der Waals surface area (Å²) in [5.74, 6) is -0.382. The van der Waals surface area contributed by atoms with Crippen LogP contribution in [0.5, 0.6) is 0 Å². The zero-order valence-corrected chi connectivity index (χ0v) is 6.51. The third-order valence-corrected chi connectivity index (χ3v) is 0.999. The summed E-state index contributed by atoms with van der Waals surface area (Å²) in [6.45, 7) is 2.13. The first-order valence-corrected chi connectivity index (χ1v) is 3.13. The summed E-state index contributed by atoms with van der Waals surface area (Å²) >= 11 is 0. The molecule has 0 amide bonds. The quantitative estimate of drug-likeness (QED) is 0.439. The molecule has 0 fully saturated rings. The molecule has 1 atom stereocenters. The van der Waals surface area contributed by atoms with Gasteiger partial charge in [-0.1, -0.05) is 0 Å². The number of hydrogen-bond acceptors (Lipinski definition) is 4. The highest BCUT2D eigenvalue weighted by atomic mass is 16.6. The summed E-state index contributed by atoms with van der Waals surface area (Å²) in [6.07, 6.45) is -0.639. The lowest BCUT2D eigenvalue weighted by atomic mass is 10.6. The fourth-order valence-corrected chi connectivity index (χ4v) is 0.550. The van der Waals surface area contributed by atoms with Crippen molar-refractivity contribution in [1.29, 1.82) is 0 Å². The van der Waals surface area contributed by atoms with Crippen molar-refractivity contribution in [2.24, 2.45) is 0 Å². The Kier molecular flexibility index (Phi) is 4.88. The van der Waals surface area contributed by atoms with Gasteiger partial charge in [0.1, 0.15) is 0 Å². The number of likely N-dealkylation sites (N-methyl/N-ethyl adjacent to an activating group) is 1. The Morgan fingerprint density at radius 1 is 1.70 bits per heavy atom. The number of esters is 1. The highest BCUT2D eigenvalue weighted by Gasteiger charge is 2.15. The molecule has 0 aromatic carbocycles. The molecule has 0 bridgehead atoms. The summed E-state index contributed by atoms with van der Waals surface area (Å²) in [4.78, 5) is 10.8. The lowest BCUT2D eigenvalue weighted by Gasteiger charge is -2.11. The molecule has 1 N–H and O–H groups in total. The zero-order valence-electron chi connectivity index (χ0n) is 6.51. The monoisotopic (exact) mass is 147 g/mol. The molecule has 0 aromatic rings. The van der Waals surface area contributed by atoms with Crippen LogP contribution in [0.2, 0.25) is 0 Å². The SMILES string of the molecule is CCOC(=O)C(NC)OC. The fourth-order valence-electron chi connectivity index (χ4n) is 0.550. The third-order valence-electron chi connectivity index (χ3n) is 0.999. The molecule has 0 aliphatic rings. The van der Waals surface area contributed by atoms with Crippen LogP contribution < -0.4 is 5.32 Å². The summed E-state index contributed by atoms with van der Waals surface area (Å²) < 4.78 is 9.39. The maximum absolute atomic E-state index is 10.8. The smallest absolute Gasteiger partial charge is 0.350 e. The van der Waals surface area contributed by atoms with Crippen molar-refractivity contribution < 1.29 is 14.3 Å². The van der Waals surface area contributed by atoms with E-state index in [4.69, 9.17) is 4.74 Å². The molecule has 0 saturated heterocycles. The standard InChI is InChI=1S/C6H13NO3/c1-4-10-6(8)5(7-2)9-3/h5,7H,4H2,1-3H3. The Morgan fingerprint density at radius 3 is 2.60 bits per heavy atom. The number of rotatable bonds is 4. The second-order valence-corrected chi connectivity index (χ2v) is 1.66. The van der Waals surface area contributed by atoms with Gasteiger partial charge in [-0.15, -0.1) is 0 Å². The molecular formula is C6H13NO3. The van der Waals surface area contributed by atoms with E-state index in [0.29, 0.717) is 6.61 Å². The average molecular weight is 147 g/mol. The first kappa shape index (κ1) is 9.39. The number of ether oxygens (including phenoxy) is 2. The van der Waals surface area contributed by atoms with Gasteiger partial charge in [0.05, 0.1) is 6.61 Å². The minimum absolute atomic E-state index is 0.375. The Morgan fingerprint density at radius 2 is 2.30 bits per heavy atom. The summed E-state index contributed by atoms with van der Waals surface area (Å²) in [6, 6.07) is 0. The largest absolute Gasteiger partial charge is 0.463 e. The van der Waals surface area contributed by atoms with Crippen molar-refractivity contribution in [1.82, 2.24) is 5.32 Å². The molecule has 0 aromatic heterocycles. The normalized spacial score (nSPS) is 12.7. The highest BCUT2D eigenvalue weighted by Crippen LogP contribution is 1.87. The number of carbonyl (C=O) groups excluding carboxylic acids is 1. The minimum atomic E-state index is -0.639. The van der Waals surface area contributed by atoms with Crippen LogP contribution >= 0.6 is 0 Å². The van der Waals surface area contributed by atoms with Crippen LogP contribution in [0.1, 0.15) is 6.92 Å². The molecule has 0 spiro atoms. The second kappa shape index (κ2) is 5.20. The molecule has 0 radical (unpaired) electrons. The van der Waals surface area contributed by atoms with Gasteiger partial charge in [-0.3, -0.25) is 5.32 Å². The molecular weight excluding hydrogens is 134 g/mol. The van der Waals surface area contributed by atoms with Crippen LogP contribution in [0.3, 0.4) is 0 Å². The number of methoxy groups -OCH3 is 1. The maximum atomic E-state index is 10.8. The van der Waals surface area contributed by atoms with Gasteiger partial charge in [0.25, 0.3) is 0 Å². The van der Waals surface area contributed by atoms with E-state index in [1.165, 1.54) is 7.11 Å². The molecule has 60 valence electrons. The Labute approximate surface area is 60.5 Å². The van der Waals surface area contributed by atoms with Gasteiger partial charge in [0, 0.05) is 7.11 Å². The van der Waals surface area contributed by atoms with Gasteiger partial charge in [-0.05, 0) is 14.0 Å². The molecule has 0 rings (SSSR count). The predicted molar refractivity (Wildman–Crippen MR) is 36.5 cm³/mol. The molecule has 0 aliphatic heterocycles. The highest BCUT2D eigenvalue weighted by molar-refractivity contribution is 5.74. The van der Waals surface area contributed by atoms with Gasteiger partial charge in [-0.25, -0.2) is 4.79 Å². The van der Waals surface area contributed by atoms with Gasteiger partial charge in [-0.2, -0.15) is 0 Å². The van der Waals surface area contributed by atoms with Gasteiger partial charge in [0.15, 0.2) is 0 Å². The van der Waals surface area contributed by atoms with Crippen LogP contribution in [0.15, 0.2) is 0 Å². The van der Waals surface area contributed by atoms with Crippen LogP contribution in [-0.4, -0.2) is 33.0 Å². The van der Waals surface area contributed by atoms with Crippen molar-refractivity contribution in [2.45, 2.75) is 13.2 Å². The summed E-state index contributed by atoms with van der Waals surface area (Å²) in [5, 5.41) is 2.64. The summed E-state index contributed by atoms with van der Waals surface area (Å²) in [5.41, 5.74) is 0. The van der Waals surface area contributed by atoms with E-state index in [-0.39, 0.29) is 5.97 Å². The van der Waals surface area contributed by atoms with Crippen LogP contribution in [-0.2, 0) is 14.3 Å². The Balaban J connectivity index is 3.65. The second-order valence-electron chi connectivity index (χ2n) is 1.66. The number of carbonyl (C=O) groups is 1. The van der Waals surface area contributed by atoms with Crippen molar-refractivity contribution >= 4 is 5.97 Å². The van der Waals surface area contributed by atoms with Crippen LogP contribution in [0.25, 0.3) is 0 Å². The van der Waals surface area contributed by atoms with Gasteiger partial charge in [0.2, 0.25) is 6.23 Å². The molecule has 0 saturated carbocycles. The number of hydrogen-bond donors (Lipinski definition) is 1. The van der Waals surface area contributed by atoms with Crippen molar-refractivity contribution in [3.63, 3.8) is 0 Å². The molecule has 1 unspecified atom stereocenters. The molecule has 4 heteroatoms. The van der Waals surface area contributed by atoms with E-state index in [2.05, 4.69) is 10.1 Å². The summed E-state index contributed by atoms with van der Waals surface area (Å²) in [7, 11) is 3.07. The van der Waals surface area contributed by atoms with Gasteiger partial charge >= 0.3 is 5.97 Å². The Bertz CT molecular complexity index is 101. The van der Waals surface area contributed by atoms with E-state index < -0.39 is 6.23 Å². The topological polar surface area (TPSA) is 47.6 Å². The lowest BCUT2D eigenvalue weighted by molar-refractivity contribution is -0.156. The lowest BCUT2D eigenvalue weighted by Crippen LogP contribution is -2.37. The molecule has 10 heavy (non-hydrogen) atoms. The average Bonchev–Trinajstić information content (AvgIpc) is 1.91. The van der Waals surface area contributed by atoms with Crippen molar-refractivity contribution in [3.8, 4) is 0 Å². The number of nitrogens with one attached hydrogen (secondary N) is 1. The minimum Gasteiger partial charge on any atom is -0.463 e.